The van der Waals surface area contributed by atoms with E-state index in [1.807, 2.05) is 17.0 Å². The maximum Gasteiger partial charge on any atom is 0.222 e. The van der Waals surface area contributed by atoms with Gasteiger partial charge in [-0.1, -0.05) is 0 Å². The molecule has 2 atom stereocenters. The van der Waals surface area contributed by atoms with Gasteiger partial charge in [-0.15, -0.1) is 0 Å². The van der Waals surface area contributed by atoms with Crippen molar-refractivity contribution in [2.75, 3.05) is 26.2 Å². The van der Waals surface area contributed by atoms with Gasteiger partial charge in [0.2, 0.25) is 5.91 Å². The number of likely N-dealkylation sites (tertiary alicyclic amines) is 2. The lowest BCUT2D eigenvalue weighted by Crippen LogP contribution is -2.38. The van der Waals surface area contributed by atoms with Crippen LogP contribution in [0, 0.1) is 0 Å². The molecule has 3 heterocycles. The van der Waals surface area contributed by atoms with Crippen LogP contribution in [0.1, 0.15) is 44.0 Å². The van der Waals surface area contributed by atoms with Crippen LogP contribution in [0.2, 0.25) is 0 Å². The molecule has 2 saturated heterocycles. The molecule has 0 spiro atoms. The Kier molecular flexibility index (Phi) is 4.60. The molecule has 2 unspecified atom stereocenters. The highest BCUT2D eigenvalue weighted by Crippen LogP contribution is 2.27. The van der Waals surface area contributed by atoms with Crippen molar-refractivity contribution < 1.29 is 14.3 Å². The second kappa shape index (κ2) is 6.62. The maximum atomic E-state index is 11.6. The Bertz CT molecular complexity index is 460. The fourth-order valence-electron chi connectivity index (χ4n) is 3.50. The minimum absolute atomic E-state index is 0.293. The van der Waals surface area contributed by atoms with Crippen LogP contribution in [0.4, 0.5) is 0 Å². The van der Waals surface area contributed by atoms with E-state index >= 15 is 0 Å². The van der Waals surface area contributed by atoms with Crippen molar-refractivity contribution in [3.05, 3.63) is 24.2 Å². The second-order valence-electron chi connectivity index (χ2n) is 6.08. The van der Waals surface area contributed by atoms with Crippen LogP contribution in [0.15, 0.2) is 22.8 Å². The van der Waals surface area contributed by atoms with Gasteiger partial charge in [0.25, 0.3) is 0 Å². The number of nitrogens with zero attached hydrogens (tertiary/aromatic N) is 2. The quantitative estimate of drug-likeness (QED) is 0.868. The zero-order valence-electron chi connectivity index (χ0n) is 12.4. The number of hydrogen-bond donors (Lipinski definition) is 1. The predicted octanol–water partition coefficient (Wildman–Crippen LogP) is 1.79. The zero-order valence-corrected chi connectivity index (χ0v) is 12.4. The highest BCUT2D eigenvalue weighted by atomic mass is 16.4. The summed E-state index contributed by atoms with van der Waals surface area (Å²) < 4.78 is 5.27. The summed E-state index contributed by atoms with van der Waals surface area (Å²) in [7, 11) is 0. The van der Waals surface area contributed by atoms with Crippen LogP contribution in [0.25, 0.3) is 0 Å². The van der Waals surface area contributed by atoms with Crippen molar-refractivity contribution in [2.24, 2.45) is 0 Å². The average Bonchev–Trinajstić information content (AvgIpc) is 3.18. The number of carbonyl (C=O) groups excluding carboxylic acids is 1. The van der Waals surface area contributed by atoms with E-state index in [0.717, 1.165) is 39.0 Å². The standard InChI is InChI=1S/C16H24N2O3/c19-14(15-5-3-11-21-15)12-13-4-1-7-17(13)9-10-18-8-2-6-16(18)20/h3,5,11,13-14,19H,1-2,4,6-10,12H2. The van der Waals surface area contributed by atoms with Gasteiger partial charge in [0.15, 0.2) is 0 Å². The Balaban J connectivity index is 1.49. The van der Waals surface area contributed by atoms with Crippen LogP contribution in [-0.4, -0.2) is 53.0 Å². The Labute approximate surface area is 125 Å². The van der Waals surface area contributed by atoms with E-state index in [2.05, 4.69) is 4.90 Å². The highest BCUT2D eigenvalue weighted by molar-refractivity contribution is 5.78. The number of aliphatic hydroxyl groups excluding tert-OH is 1. The van der Waals surface area contributed by atoms with E-state index in [1.165, 1.54) is 6.42 Å². The number of rotatable bonds is 6. The van der Waals surface area contributed by atoms with E-state index in [0.29, 0.717) is 30.6 Å². The van der Waals surface area contributed by atoms with Crippen LogP contribution in [-0.2, 0) is 4.79 Å². The molecule has 116 valence electrons. The number of amides is 1. The largest absolute Gasteiger partial charge is 0.467 e. The Morgan fingerprint density at radius 3 is 2.95 bits per heavy atom. The summed E-state index contributed by atoms with van der Waals surface area (Å²) >= 11 is 0. The molecule has 2 fully saturated rings. The van der Waals surface area contributed by atoms with Gasteiger partial charge in [0.05, 0.1) is 6.26 Å². The summed E-state index contributed by atoms with van der Waals surface area (Å²) in [4.78, 5) is 16.0. The van der Waals surface area contributed by atoms with E-state index in [4.69, 9.17) is 4.42 Å². The molecule has 0 saturated carbocycles. The first-order valence-corrected chi connectivity index (χ1v) is 7.97. The molecule has 5 nitrogen and oxygen atoms in total. The molecule has 0 bridgehead atoms. The summed E-state index contributed by atoms with van der Waals surface area (Å²) in [5.74, 6) is 0.943. The summed E-state index contributed by atoms with van der Waals surface area (Å²) in [6, 6.07) is 4.03. The van der Waals surface area contributed by atoms with Gasteiger partial charge in [0.1, 0.15) is 11.9 Å². The number of hydrogen-bond acceptors (Lipinski definition) is 4. The third kappa shape index (κ3) is 3.47. The number of aliphatic hydroxyl groups is 1. The van der Waals surface area contributed by atoms with Crippen molar-refractivity contribution in [2.45, 2.75) is 44.2 Å². The first kappa shape index (κ1) is 14.6. The summed E-state index contributed by atoms with van der Waals surface area (Å²) in [5, 5.41) is 10.2. The van der Waals surface area contributed by atoms with Crippen molar-refractivity contribution in [3.63, 3.8) is 0 Å². The van der Waals surface area contributed by atoms with Crippen LogP contribution in [0.3, 0.4) is 0 Å². The molecule has 0 aliphatic carbocycles. The summed E-state index contributed by atoms with van der Waals surface area (Å²) in [5.41, 5.74) is 0. The molecule has 2 aliphatic rings. The molecular weight excluding hydrogens is 268 g/mol. The lowest BCUT2D eigenvalue weighted by atomic mass is 10.1. The van der Waals surface area contributed by atoms with Gasteiger partial charge in [-0.3, -0.25) is 9.69 Å². The minimum atomic E-state index is -0.529. The smallest absolute Gasteiger partial charge is 0.222 e. The van der Waals surface area contributed by atoms with Crippen molar-refractivity contribution in [1.82, 2.24) is 9.80 Å². The van der Waals surface area contributed by atoms with E-state index < -0.39 is 6.10 Å². The van der Waals surface area contributed by atoms with E-state index in [9.17, 15) is 9.90 Å². The molecule has 0 radical (unpaired) electrons. The molecule has 1 N–H and O–H groups in total. The molecule has 0 aromatic carbocycles. The van der Waals surface area contributed by atoms with Gasteiger partial charge in [-0.05, 0) is 44.4 Å². The molecule has 5 heteroatoms. The third-order valence-electron chi connectivity index (χ3n) is 4.69. The van der Waals surface area contributed by atoms with Crippen LogP contribution < -0.4 is 0 Å². The van der Waals surface area contributed by atoms with E-state index in [1.54, 1.807) is 6.26 Å². The normalized spacial score (nSPS) is 24.9. The molecule has 3 rings (SSSR count). The highest BCUT2D eigenvalue weighted by Gasteiger charge is 2.29. The molecule has 1 amide bonds. The lowest BCUT2D eigenvalue weighted by molar-refractivity contribution is -0.127. The minimum Gasteiger partial charge on any atom is -0.467 e. The van der Waals surface area contributed by atoms with Crippen molar-refractivity contribution in [3.8, 4) is 0 Å². The fourth-order valence-corrected chi connectivity index (χ4v) is 3.50. The number of furan rings is 1. The zero-order chi connectivity index (χ0) is 14.7. The fraction of sp³-hybridized carbons (Fsp3) is 0.688. The van der Waals surface area contributed by atoms with Gasteiger partial charge in [0, 0.05) is 32.1 Å². The molecule has 1 aromatic rings. The summed E-state index contributed by atoms with van der Waals surface area (Å²) in [6.45, 7) is 3.72. The van der Waals surface area contributed by atoms with Gasteiger partial charge < -0.3 is 14.4 Å². The molecule has 21 heavy (non-hydrogen) atoms. The predicted molar refractivity (Wildman–Crippen MR) is 78.7 cm³/mol. The lowest BCUT2D eigenvalue weighted by Gasteiger charge is -2.28. The summed E-state index contributed by atoms with van der Waals surface area (Å²) in [6.07, 6.45) is 5.78. The van der Waals surface area contributed by atoms with Crippen molar-refractivity contribution >= 4 is 5.91 Å². The van der Waals surface area contributed by atoms with Crippen LogP contribution in [0.5, 0.6) is 0 Å². The SMILES string of the molecule is O=C1CCCN1CCN1CCCC1CC(O)c1ccco1. The average molecular weight is 292 g/mol. The Morgan fingerprint density at radius 2 is 2.24 bits per heavy atom. The second-order valence-corrected chi connectivity index (χ2v) is 6.08. The first-order valence-electron chi connectivity index (χ1n) is 7.97. The third-order valence-corrected chi connectivity index (χ3v) is 4.69. The molecular formula is C16H24N2O3. The van der Waals surface area contributed by atoms with Gasteiger partial charge in [-0.25, -0.2) is 0 Å². The van der Waals surface area contributed by atoms with Gasteiger partial charge in [-0.2, -0.15) is 0 Å². The Hall–Kier alpha value is -1.33. The number of carbonyl (C=O) groups is 1. The first-order chi connectivity index (χ1) is 10.2. The molecule has 2 aliphatic heterocycles. The maximum absolute atomic E-state index is 11.6. The Morgan fingerprint density at radius 1 is 1.33 bits per heavy atom. The van der Waals surface area contributed by atoms with Crippen molar-refractivity contribution in [1.29, 1.82) is 0 Å². The molecule has 1 aromatic heterocycles. The van der Waals surface area contributed by atoms with E-state index in [-0.39, 0.29) is 0 Å². The van der Waals surface area contributed by atoms with Crippen LogP contribution >= 0.6 is 0 Å². The monoisotopic (exact) mass is 292 g/mol. The topological polar surface area (TPSA) is 56.9 Å². The van der Waals surface area contributed by atoms with Gasteiger partial charge >= 0.3 is 0 Å².